The van der Waals surface area contributed by atoms with Gasteiger partial charge in [-0.15, -0.1) is 0 Å². The highest BCUT2D eigenvalue weighted by Crippen LogP contribution is 2.48. The predicted octanol–water partition coefficient (Wildman–Crippen LogP) is 3.49. The molecule has 1 heteroatoms. The van der Waals surface area contributed by atoms with Crippen LogP contribution in [0, 0.1) is 31.1 Å². The van der Waals surface area contributed by atoms with Gasteiger partial charge >= 0.3 is 0 Å². The van der Waals surface area contributed by atoms with Crippen LogP contribution in [0.25, 0.3) is 0 Å². The van der Waals surface area contributed by atoms with Crippen molar-refractivity contribution in [1.82, 2.24) is 0 Å². The molecule has 0 heterocycles. The van der Waals surface area contributed by atoms with Crippen molar-refractivity contribution in [2.45, 2.75) is 39.0 Å². The average Bonchev–Trinajstić information content (AvgIpc) is 2.22. The molecule has 0 aromatic heterocycles. The van der Waals surface area contributed by atoms with Crippen molar-refractivity contribution in [3.63, 3.8) is 0 Å². The maximum absolute atomic E-state index is 9.37. The molecule has 1 aromatic rings. The van der Waals surface area contributed by atoms with Gasteiger partial charge in [0.1, 0.15) is 0 Å². The molecule has 1 saturated carbocycles. The monoisotopic (exact) mass is 199 g/mol. The van der Waals surface area contributed by atoms with Crippen molar-refractivity contribution >= 4 is 0 Å². The molecule has 15 heavy (non-hydrogen) atoms. The summed E-state index contributed by atoms with van der Waals surface area (Å²) in [6.45, 7) is 6.41. The van der Waals surface area contributed by atoms with Crippen molar-refractivity contribution < 1.29 is 0 Å². The Morgan fingerprint density at radius 1 is 1.33 bits per heavy atom. The minimum Gasteiger partial charge on any atom is -0.197 e. The van der Waals surface area contributed by atoms with E-state index in [1.165, 1.54) is 23.1 Å². The summed E-state index contributed by atoms with van der Waals surface area (Å²) in [6.07, 6.45) is 2.20. The zero-order valence-electron chi connectivity index (χ0n) is 9.67. The fourth-order valence-corrected chi connectivity index (χ4v) is 2.40. The summed E-state index contributed by atoms with van der Waals surface area (Å²) in [4.78, 5) is 0. The van der Waals surface area contributed by atoms with Gasteiger partial charge in [-0.3, -0.25) is 0 Å². The third kappa shape index (κ3) is 1.36. The van der Waals surface area contributed by atoms with Crippen molar-refractivity contribution in [1.29, 1.82) is 5.26 Å². The molecule has 2 rings (SSSR count). The summed E-state index contributed by atoms with van der Waals surface area (Å²) in [6, 6.07) is 8.98. The molecular weight excluding hydrogens is 182 g/mol. The minimum atomic E-state index is -0.196. The number of benzene rings is 1. The lowest BCUT2D eigenvalue weighted by atomic mass is 9.58. The largest absolute Gasteiger partial charge is 0.197 e. The number of aryl methyl sites for hydroxylation is 2. The Bertz CT molecular complexity index is 427. The molecule has 1 aromatic carbocycles. The summed E-state index contributed by atoms with van der Waals surface area (Å²) in [5.41, 5.74) is 3.62. The standard InChI is InChI=1S/C14H17N/c1-10-4-5-13(8-11(10)2)14(9-15)7-6-12(14)3/h4-5,8,12H,6-7H2,1-3H3. The molecule has 0 aliphatic heterocycles. The highest BCUT2D eigenvalue weighted by atomic mass is 14.5. The first-order valence-electron chi connectivity index (χ1n) is 5.59. The lowest BCUT2D eigenvalue weighted by Gasteiger charge is -2.43. The summed E-state index contributed by atoms with van der Waals surface area (Å²) < 4.78 is 0. The van der Waals surface area contributed by atoms with Crippen molar-refractivity contribution in [3.05, 3.63) is 34.9 Å². The second kappa shape index (κ2) is 3.38. The maximum atomic E-state index is 9.37. The van der Waals surface area contributed by atoms with Gasteiger partial charge in [0.05, 0.1) is 11.5 Å². The van der Waals surface area contributed by atoms with Crippen LogP contribution in [0.15, 0.2) is 18.2 Å². The Balaban J connectivity index is 2.45. The van der Waals surface area contributed by atoms with Gasteiger partial charge in [-0.05, 0) is 49.3 Å². The number of rotatable bonds is 1. The molecule has 1 fully saturated rings. The van der Waals surface area contributed by atoms with E-state index in [-0.39, 0.29) is 5.41 Å². The third-order valence-electron chi connectivity index (χ3n) is 4.03. The van der Waals surface area contributed by atoms with Crippen LogP contribution in [-0.2, 0) is 5.41 Å². The molecule has 1 nitrogen and oxygen atoms in total. The van der Waals surface area contributed by atoms with Crippen LogP contribution in [0.1, 0.15) is 36.5 Å². The average molecular weight is 199 g/mol. The highest BCUT2D eigenvalue weighted by Gasteiger charge is 2.45. The molecule has 0 saturated heterocycles. The van der Waals surface area contributed by atoms with Crippen LogP contribution in [0.5, 0.6) is 0 Å². The van der Waals surface area contributed by atoms with E-state index in [1.54, 1.807) is 0 Å². The quantitative estimate of drug-likeness (QED) is 0.679. The molecule has 0 amide bonds. The number of hydrogen-bond acceptors (Lipinski definition) is 1. The van der Waals surface area contributed by atoms with Crippen LogP contribution in [-0.4, -0.2) is 0 Å². The summed E-state index contributed by atoms with van der Waals surface area (Å²) in [5, 5.41) is 9.37. The molecule has 0 radical (unpaired) electrons. The first kappa shape index (κ1) is 10.2. The van der Waals surface area contributed by atoms with Gasteiger partial charge in [0.15, 0.2) is 0 Å². The Morgan fingerprint density at radius 3 is 2.47 bits per heavy atom. The Morgan fingerprint density at radius 2 is 2.07 bits per heavy atom. The van der Waals surface area contributed by atoms with Gasteiger partial charge < -0.3 is 0 Å². The van der Waals surface area contributed by atoms with Crippen LogP contribution in [0.4, 0.5) is 0 Å². The number of hydrogen-bond donors (Lipinski definition) is 0. The van der Waals surface area contributed by atoms with Crippen molar-refractivity contribution in [3.8, 4) is 6.07 Å². The number of nitriles is 1. The van der Waals surface area contributed by atoms with Crippen LogP contribution in [0.2, 0.25) is 0 Å². The Labute approximate surface area is 91.7 Å². The normalized spacial score (nSPS) is 29.3. The molecule has 78 valence electrons. The lowest BCUT2D eigenvalue weighted by Crippen LogP contribution is -2.41. The number of nitrogens with zero attached hydrogens (tertiary/aromatic N) is 1. The van der Waals surface area contributed by atoms with Crippen molar-refractivity contribution in [2.75, 3.05) is 0 Å². The maximum Gasteiger partial charge on any atom is 0.0848 e. The molecule has 1 aliphatic carbocycles. The fraction of sp³-hybridized carbons (Fsp3) is 0.500. The van der Waals surface area contributed by atoms with Crippen LogP contribution >= 0.6 is 0 Å². The van der Waals surface area contributed by atoms with E-state index in [0.29, 0.717) is 5.92 Å². The lowest BCUT2D eigenvalue weighted by molar-refractivity contribution is 0.201. The van der Waals surface area contributed by atoms with E-state index in [0.717, 1.165) is 6.42 Å². The van der Waals surface area contributed by atoms with E-state index >= 15 is 0 Å². The van der Waals surface area contributed by atoms with Gasteiger partial charge in [0.25, 0.3) is 0 Å². The zero-order chi connectivity index (χ0) is 11.1. The van der Waals surface area contributed by atoms with Crippen LogP contribution in [0.3, 0.4) is 0 Å². The molecule has 1 aliphatic rings. The van der Waals surface area contributed by atoms with E-state index in [9.17, 15) is 5.26 Å². The molecule has 2 atom stereocenters. The molecule has 0 bridgehead atoms. The SMILES string of the molecule is Cc1ccc(C2(C#N)CCC2C)cc1C. The van der Waals surface area contributed by atoms with Crippen LogP contribution < -0.4 is 0 Å². The summed E-state index contributed by atoms with van der Waals surface area (Å²) in [7, 11) is 0. The minimum absolute atomic E-state index is 0.196. The van der Waals surface area contributed by atoms with Crippen molar-refractivity contribution in [2.24, 2.45) is 5.92 Å². The van der Waals surface area contributed by atoms with Gasteiger partial charge in [-0.25, -0.2) is 0 Å². The first-order valence-corrected chi connectivity index (χ1v) is 5.59. The van der Waals surface area contributed by atoms with Gasteiger partial charge in [-0.1, -0.05) is 25.1 Å². The first-order chi connectivity index (χ1) is 7.10. The summed E-state index contributed by atoms with van der Waals surface area (Å²) in [5.74, 6) is 0.504. The smallest absolute Gasteiger partial charge is 0.0848 e. The summed E-state index contributed by atoms with van der Waals surface area (Å²) >= 11 is 0. The molecular formula is C14H17N. The topological polar surface area (TPSA) is 23.8 Å². The second-order valence-electron chi connectivity index (χ2n) is 4.82. The van der Waals surface area contributed by atoms with E-state index in [1.807, 2.05) is 0 Å². The Hall–Kier alpha value is -1.29. The molecule has 0 spiro atoms. The fourth-order valence-electron chi connectivity index (χ4n) is 2.40. The van der Waals surface area contributed by atoms with E-state index < -0.39 is 0 Å². The van der Waals surface area contributed by atoms with E-state index in [4.69, 9.17) is 0 Å². The molecule has 0 N–H and O–H groups in total. The van der Waals surface area contributed by atoms with E-state index in [2.05, 4.69) is 45.0 Å². The van der Waals surface area contributed by atoms with Gasteiger partial charge in [0, 0.05) is 0 Å². The zero-order valence-corrected chi connectivity index (χ0v) is 9.67. The molecule has 2 unspecified atom stereocenters. The second-order valence-corrected chi connectivity index (χ2v) is 4.82. The van der Waals surface area contributed by atoms with Gasteiger partial charge in [0.2, 0.25) is 0 Å². The third-order valence-corrected chi connectivity index (χ3v) is 4.03. The predicted molar refractivity (Wildman–Crippen MR) is 61.6 cm³/mol. The van der Waals surface area contributed by atoms with Gasteiger partial charge in [-0.2, -0.15) is 5.26 Å². The highest BCUT2D eigenvalue weighted by molar-refractivity contribution is 5.41. The Kier molecular flexibility index (Phi) is 2.31.